The maximum atomic E-state index is 14.5. The van der Waals surface area contributed by atoms with E-state index in [1.54, 1.807) is 14.2 Å². The Morgan fingerprint density at radius 3 is 2.35 bits per heavy atom. The number of allylic oxidation sites excluding steroid dienone is 1. The highest BCUT2D eigenvalue weighted by Crippen LogP contribution is 2.44. The number of aromatic nitrogens is 2. The molecule has 2 aromatic heterocycles. The maximum absolute atomic E-state index is 14.5. The molecule has 4 aromatic carbocycles. The van der Waals surface area contributed by atoms with Gasteiger partial charge >= 0.3 is 0 Å². The van der Waals surface area contributed by atoms with Gasteiger partial charge in [0, 0.05) is 34.3 Å². The summed E-state index contributed by atoms with van der Waals surface area (Å²) in [4.78, 5) is 20.4. The highest BCUT2D eigenvalue weighted by molar-refractivity contribution is 7.07. The minimum Gasteiger partial charge on any atom is -0.497 e. The predicted molar refractivity (Wildman–Crippen MR) is 193 cm³/mol. The van der Waals surface area contributed by atoms with Crippen molar-refractivity contribution in [3.05, 3.63) is 162 Å². The topological polar surface area (TPSA) is 57.8 Å². The summed E-state index contributed by atoms with van der Waals surface area (Å²) in [6.45, 7) is 4.22. The van der Waals surface area contributed by atoms with Crippen molar-refractivity contribution in [1.82, 2.24) is 9.13 Å². The third kappa shape index (κ3) is 4.93. The number of hydrogen-bond acceptors (Lipinski definition) is 5. The van der Waals surface area contributed by atoms with Crippen molar-refractivity contribution in [1.29, 1.82) is 0 Å². The van der Waals surface area contributed by atoms with Crippen LogP contribution in [0.25, 0.3) is 28.6 Å². The van der Waals surface area contributed by atoms with Crippen LogP contribution in [0.3, 0.4) is 0 Å². The van der Waals surface area contributed by atoms with Gasteiger partial charge in [0.25, 0.3) is 5.56 Å². The van der Waals surface area contributed by atoms with Crippen LogP contribution in [0.15, 0.2) is 118 Å². The van der Waals surface area contributed by atoms with Gasteiger partial charge in [-0.25, -0.2) is 4.99 Å². The summed E-state index contributed by atoms with van der Waals surface area (Å²) < 4.78 is 16.2. The summed E-state index contributed by atoms with van der Waals surface area (Å²) in [5.41, 5.74) is 12.0. The van der Waals surface area contributed by atoms with Gasteiger partial charge in [0.2, 0.25) is 0 Å². The van der Waals surface area contributed by atoms with Crippen molar-refractivity contribution >= 4 is 23.1 Å². The van der Waals surface area contributed by atoms with E-state index in [1.165, 1.54) is 28.0 Å². The zero-order valence-corrected chi connectivity index (χ0v) is 28.2. The largest absolute Gasteiger partial charge is 0.497 e. The number of ether oxygens (including phenoxy) is 2. The molecule has 0 N–H and O–H groups in total. The predicted octanol–water partition coefficient (Wildman–Crippen LogP) is 7.41. The Hall–Kier alpha value is -5.40. The van der Waals surface area contributed by atoms with Crippen LogP contribution in [-0.4, -0.2) is 23.4 Å². The van der Waals surface area contributed by atoms with E-state index >= 15 is 0 Å². The summed E-state index contributed by atoms with van der Waals surface area (Å²) in [6, 6.07) is 35.2. The van der Waals surface area contributed by atoms with E-state index in [9.17, 15) is 4.79 Å². The highest BCUT2D eigenvalue weighted by atomic mass is 32.1. The Kier molecular flexibility index (Phi) is 7.49. The lowest BCUT2D eigenvalue weighted by Crippen LogP contribution is -2.39. The summed E-state index contributed by atoms with van der Waals surface area (Å²) in [5.74, 6) is 1.39. The Bertz CT molecular complexity index is 2410. The van der Waals surface area contributed by atoms with Crippen molar-refractivity contribution in [2.75, 3.05) is 14.2 Å². The number of aryl methyl sites for hydroxylation is 2. The number of methoxy groups -OCH3 is 2. The van der Waals surface area contributed by atoms with Crippen LogP contribution in [0.1, 0.15) is 46.1 Å². The molecule has 2 aliphatic rings. The van der Waals surface area contributed by atoms with Gasteiger partial charge in [-0.1, -0.05) is 78.1 Å². The third-order valence-electron chi connectivity index (χ3n) is 9.60. The second kappa shape index (κ2) is 12.0. The number of fused-ring (bicyclic) bond motifs is 3. The summed E-state index contributed by atoms with van der Waals surface area (Å²) >= 11 is 1.45. The van der Waals surface area contributed by atoms with Gasteiger partial charge < -0.3 is 14.0 Å². The van der Waals surface area contributed by atoms with E-state index in [0.717, 1.165) is 57.9 Å². The lowest BCUT2D eigenvalue weighted by molar-refractivity contribution is 0.386. The molecule has 238 valence electrons. The standard InChI is InChI=1S/C41H35N3O3S/c1-25-22-30(26(2)43(25)31-17-14-28(15-18-31)27-10-6-5-7-11-27)23-37-40(45)44-39(34-21-19-32(46-3)24-36(34)47-4)35-20-16-29-12-8-9-13-33(29)38(35)42-41(44)48-37/h5-15,17-19,21-24,39H,16,20H2,1-4H3/b37-23+/t39-/m1/s1. The fraction of sp³-hybridized carbons (Fsp3) is 0.171. The van der Waals surface area contributed by atoms with E-state index < -0.39 is 0 Å². The van der Waals surface area contributed by atoms with E-state index in [2.05, 4.69) is 97.3 Å². The quantitative estimate of drug-likeness (QED) is 0.189. The molecule has 0 spiro atoms. The fourth-order valence-corrected chi connectivity index (χ4v) is 8.24. The maximum Gasteiger partial charge on any atom is 0.271 e. The zero-order valence-electron chi connectivity index (χ0n) is 27.4. The Morgan fingerprint density at radius 1 is 0.833 bits per heavy atom. The second-order valence-electron chi connectivity index (χ2n) is 12.3. The highest BCUT2D eigenvalue weighted by Gasteiger charge is 2.34. The van der Waals surface area contributed by atoms with Gasteiger partial charge in [-0.15, -0.1) is 0 Å². The zero-order chi connectivity index (χ0) is 32.9. The van der Waals surface area contributed by atoms with Crippen LogP contribution in [0.2, 0.25) is 0 Å². The summed E-state index contributed by atoms with van der Waals surface area (Å²) in [6.07, 6.45) is 3.73. The van der Waals surface area contributed by atoms with E-state index in [0.29, 0.717) is 20.8 Å². The van der Waals surface area contributed by atoms with E-state index in [4.69, 9.17) is 14.5 Å². The molecule has 0 fully saturated rings. The molecule has 1 aliphatic heterocycles. The summed E-state index contributed by atoms with van der Waals surface area (Å²) in [5, 5.41) is 0. The van der Waals surface area contributed by atoms with Gasteiger partial charge in [-0.05, 0) is 90.9 Å². The molecule has 0 bridgehead atoms. The Morgan fingerprint density at radius 2 is 1.58 bits per heavy atom. The lowest BCUT2D eigenvalue weighted by atomic mass is 9.83. The molecular formula is C41H35N3O3S. The molecule has 0 saturated carbocycles. The van der Waals surface area contributed by atoms with Crippen molar-refractivity contribution in [2.24, 2.45) is 4.99 Å². The van der Waals surface area contributed by atoms with Crippen LogP contribution in [0, 0.1) is 13.8 Å². The number of rotatable bonds is 6. The Balaban J connectivity index is 1.27. The summed E-state index contributed by atoms with van der Waals surface area (Å²) in [7, 11) is 3.31. The average Bonchev–Trinajstić information content (AvgIpc) is 3.59. The van der Waals surface area contributed by atoms with Gasteiger partial charge in [-0.3, -0.25) is 9.36 Å². The van der Waals surface area contributed by atoms with Gasteiger partial charge in [0.05, 0.1) is 30.5 Å². The Labute approximate surface area is 283 Å². The molecule has 1 aliphatic carbocycles. The first-order valence-electron chi connectivity index (χ1n) is 16.1. The number of benzene rings is 4. The van der Waals surface area contributed by atoms with Gasteiger partial charge in [-0.2, -0.15) is 0 Å². The molecule has 6 nitrogen and oxygen atoms in total. The van der Waals surface area contributed by atoms with Crippen molar-refractivity contribution < 1.29 is 9.47 Å². The number of thiazole rings is 1. The van der Waals surface area contributed by atoms with Crippen LogP contribution >= 0.6 is 11.3 Å². The van der Waals surface area contributed by atoms with Crippen LogP contribution in [-0.2, 0) is 6.42 Å². The first-order valence-corrected chi connectivity index (χ1v) is 17.0. The monoisotopic (exact) mass is 649 g/mol. The lowest BCUT2D eigenvalue weighted by Gasteiger charge is -2.31. The molecular weight excluding hydrogens is 615 g/mol. The molecule has 8 rings (SSSR count). The van der Waals surface area contributed by atoms with Crippen molar-refractivity contribution in [3.8, 4) is 28.3 Å². The van der Waals surface area contributed by atoms with Crippen LogP contribution in [0.5, 0.6) is 11.5 Å². The number of hydrogen-bond donors (Lipinski definition) is 0. The molecule has 7 heteroatoms. The molecule has 1 atom stereocenters. The first kappa shape index (κ1) is 30.0. The van der Waals surface area contributed by atoms with Crippen molar-refractivity contribution in [3.63, 3.8) is 0 Å². The van der Waals surface area contributed by atoms with Crippen LogP contribution < -0.4 is 24.4 Å². The minimum absolute atomic E-state index is 0.0518. The van der Waals surface area contributed by atoms with E-state index in [1.807, 2.05) is 34.9 Å². The van der Waals surface area contributed by atoms with Crippen molar-refractivity contribution in [2.45, 2.75) is 32.7 Å². The molecule has 48 heavy (non-hydrogen) atoms. The molecule has 0 radical (unpaired) electrons. The van der Waals surface area contributed by atoms with Gasteiger partial charge in [0.15, 0.2) is 4.80 Å². The third-order valence-corrected chi connectivity index (χ3v) is 10.6. The molecule has 3 heterocycles. The van der Waals surface area contributed by atoms with E-state index in [-0.39, 0.29) is 11.6 Å². The number of nitrogens with zero attached hydrogens (tertiary/aromatic N) is 3. The SMILES string of the molecule is COc1ccc([C@@H]2C3=C(N=c4s/c(=C/c5cc(C)n(-c6ccc(-c7ccccc7)cc6)c5C)c(=O)n42)c2ccccc2CC3)c(OC)c1. The minimum atomic E-state index is -0.344. The smallest absolute Gasteiger partial charge is 0.271 e. The van der Waals surface area contributed by atoms with Gasteiger partial charge in [0.1, 0.15) is 11.5 Å². The average molecular weight is 650 g/mol. The molecule has 6 aromatic rings. The fourth-order valence-electron chi connectivity index (χ4n) is 7.25. The second-order valence-corrected chi connectivity index (χ2v) is 13.3. The van der Waals surface area contributed by atoms with Crippen LogP contribution in [0.4, 0.5) is 0 Å². The molecule has 0 amide bonds. The molecule has 0 saturated heterocycles. The normalized spacial score (nSPS) is 15.4. The first-order chi connectivity index (χ1) is 23.4. The molecule has 0 unspecified atom stereocenters.